The Kier molecular flexibility index (Phi) is 3.29. The lowest BCUT2D eigenvalue weighted by molar-refractivity contribution is 1.40. The zero-order valence-corrected chi connectivity index (χ0v) is 9.28. The summed E-state index contributed by atoms with van der Waals surface area (Å²) in [5, 5.41) is 1.57. The predicted octanol–water partition coefficient (Wildman–Crippen LogP) is 3.06. The highest BCUT2D eigenvalue weighted by molar-refractivity contribution is 7.64. The van der Waals surface area contributed by atoms with Crippen LogP contribution in [0, 0.1) is 13.8 Å². The second-order valence-corrected chi connectivity index (χ2v) is 5.81. The number of aryl methyl sites for hydroxylation is 2. The summed E-state index contributed by atoms with van der Waals surface area (Å²) in [5.74, 6) is 0. The Labute approximate surface area is 76.8 Å². The SMILES string of the molecule is CC[P@](C)c1ccc(C)cc1C. The summed E-state index contributed by atoms with van der Waals surface area (Å²) in [6.45, 7) is 9.00. The van der Waals surface area contributed by atoms with Gasteiger partial charge in [0, 0.05) is 0 Å². The van der Waals surface area contributed by atoms with Crippen molar-refractivity contribution >= 4 is 13.2 Å². The third kappa shape index (κ3) is 2.08. The quantitative estimate of drug-likeness (QED) is 0.613. The summed E-state index contributed by atoms with van der Waals surface area (Å²) in [6, 6.07) is 6.79. The molecule has 0 fully saturated rings. The molecule has 0 aliphatic heterocycles. The average molecular weight is 180 g/mol. The molecule has 0 N–H and O–H groups in total. The molecule has 1 heteroatoms. The normalized spacial score (nSPS) is 13.0. The average Bonchev–Trinajstić information content (AvgIpc) is 2.03. The van der Waals surface area contributed by atoms with E-state index in [0.717, 1.165) is 0 Å². The van der Waals surface area contributed by atoms with Gasteiger partial charge >= 0.3 is 0 Å². The van der Waals surface area contributed by atoms with Gasteiger partial charge in [0.05, 0.1) is 0 Å². The van der Waals surface area contributed by atoms with Crippen molar-refractivity contribution < 1.29 is 0 Å². The van der Waals surface area contributed by atoms with Crippen molar-refractivity contribution in [3.05, 3.63) is 29.3 Å². The van der Waals surface area contributed by atoms with E-state index in [0.29, 0.717) is 0 Å². The Hall–Kier alpha value is -0.350. The molecule has 0 bridgehead atoms. The van der Waals surface area contributed by atoms with Crippen LogP contribution in [0.4, 0.5) is 0 Å². The molecule has 12 heavy (non-hydrogen) atoms. The Bertz CT molecular complexity index is 266. The Morgan fingerprint density at radius 1 is 1.25 bits per heavy atom. The zero-order valence-electron chi connectivity index (χ0n) is 8.39. The summed E-state index contributed by atoms with van der Waals surface area (Å²) in [7, 11) is 0.0933. The summed E-state index contributed by atoms with van der Waals surface area (Å²) >= 11 is 0. The van der Waals surface area contributed by atoms with Gasteiger partial charge < -0.3 is 0 Å². The second kappa shape index (κ2) is 4.05. The van der Waals surface area contributed by atoms with E-state index in [2.05, 4.69) is 45.6 Å². The monoisotopic (exact) mass is 180 g/mol. The van der Waals surface area contributed by atoms with Gasteiger partial charge in [-0.15, -0.1) is 0 Å². The second-order valence-electron chi connectivity index (χ2n) is 3.30. The van der Waals surface area contributed by atoms with E-state index in [1.165, 1.54) is 17.3 Å². The van der Waals surface area contributed by atoms with Crippen molar-refractivity contribution in [1.29, 1.82) is 0 Å². The Balaban J connectivity index is 3.01. The van der Waals surface area contributed by atoms with E-state index < -0.39 is 0 Å². The van der Waals surface area contributed by atoms with Gasteiger partial charge in [-0.3, -0.25) is 0 Å². The fourth-order valence-corrected chi connectivity index (χ4v) is 2.74. The fraction of sp³-hybridized carbons (Fsp3) is 0.455. The van der Waals surface area contributed by atoms with E-state index in [9.17, 15) is 0 Å². The van der Waals surface area contributed by atoms with Crippen molar-refractivity contribution in [3.63, 3.8) is 0 Å². The van der Waals surface area contributed by atoms with Crippen molar-refractivity contribution in [3.8, 4) is 0 Å². The first-order valence-electron chi connectivity index (χ1n) is 4.43. The minimum absolute atomic E-state index is 0.0933. The van der Waals surface area contributed by atoms with E-state index in [-0.39, 0.29) is 7.92 Å². The smallest absolute Gasteiger partial charge is 0.0214 e. The first-order chi connectivity index (χ1) is 5.65. The molecular weight excluding hydrogens is 163 g/mol. The van der Waals surface area contributed by atoms with Gasteiger partial charge in [-0.2, -0.15) is 0 Å². The molecule has 1 aromatic rings. The largest absolute Gasteiger partial charge is 0.0785 e. The Morgan fingerprint density at radius 3 is 2.42 bits per heavy atom. The first kappa shape index (κ1) is 9.74. The molecule has 0 heterocycles. The van der Waals surface area contributed by atoms with Crippen LogP contribution >= 0.6 is 7.92 Å². The van der Waals surface area contributed by atoms with Crippen LogP contribution in [-0.2, 0) is 0 Å². The highest BCUT2D eigenvalue weighted by atomic mass is 31.1. The number of rotatable bonds is 2. The predicted molar refractivity (Wildman–Crippen MR) is 58.9 cm³/mol. The van der Waals surface area contributed by atoms with Gasteiger partial charge in [0.2, 0.25) is 0 Å². The molecule has 0 aliphatic rings. The molecule has 0 saturated heterocycles. The highest BCUT2D eigenvalue weighted by Crippen LogP contribution is 2.29. The number of benzene rings is 1. The standard InChI is InChI=1S/C11H17P/c1-5-12(4)11-7-6-9(2)8-10(11)3/h6-8H,5H2,1-4H3/t12-/m0/s1. The highest BCUT2D eigenvalue weighted by Gasteiger charge is 2.04. The molecule has 0 radical (unpaired) electrons. The van der Waals surface area contributed by atoms with Crippen molar-refractivity contribution in [2.75, 3.05) is 12.8 Å². The maximum Gasteiger partial charge on any atom is -0.0214 e. The first-order valence-corrected chi connectivity index (χ1v) is 6.41. The zero-order chi connectivity index (χ0) is 9.14. The maximum absolute atomic E-state index is 2.35. The van der Waals surface area contributed by atoms with Crippen LogP contribution in [0.25, 0.3) is 0 Å². The van der Waals surface area contributed by atoms with Gasteiger partial charge in [-0.1, -0.05) is 38.6 Å². The van der Waals surface area contributed by atoms with Gasteiger partial charge in [0.15, 0.2) is 0 Å². The van der Waals surface area contributed by atoms with Crippen molar-refractivity contribution in [1.82, 2.24) is 0 Å². The number of hydrogen-bond donors (Lipinski definition) is 0. The lowest BCUT2D eigenvalue weighted by atomic mass is 10.2. The van der Waals surface area contributed by atoms with Crippen LogP contribution in [0.15, 0.2) is 18.2 Å². The van der Waals surface area contributed by atoms with Gasteiger partial charge in [-0.25, -0.2) is 0 Å². The fourth-order valence-electron chi connectivity index (χ4n) is 1.40. The van der Waals surface area contributed by atoms with Gasteiger partial charge in [-0.05, 0) is 37.5 Å². The maximum atomic E-state index is 2.35. The van der Waals surface area contributed by atoms with Gasteiger partial charge in [0.25, 0.3) is 0 Å². The molecular formula is C11H17P. The third-order valence-corrected chi connectivity index (χ3v) is 4.51. The Morgan fingerprint density at radius 2 is 1.92 bits per heavy atom. The van der Waals surface area contributed by atoms with Gasteiger partial charge in [0.1, 0.15) is 0 Å². The van der Waals surface area contributed by atoms with E-state index in [1.54, 1.807) is 5.30 Å². The topological polar surface area (TPSA) is 0 Å². The van der Waals surface area contributed by atoms with Crippen molar-refractivity contribution in [2.24, 2.45) is 0 Å². The van der Waals surface area contributed by atoms with Crippen LogP contribution in [0.5, 0.6) is 0 Å². The van der Waals surface area contributed by atoms with Crippen molar-refractivity contribution in [2.45, 2.75) is 20.8 Å². The molecule has 1 atom stereocenters. The van der Waals surface area contributed by atoms with Crippen LogP contribution in [0.3, 0.4) is 0 Å². The molecule has 1 rings (SSSR count). The molecule has 0 aliphatic carbocycles. The molecule has 66 valence electrons. The lowest BCUT2D eigenvalue weighted by Crippen LogP contribution is -2.05. The van der Waals surface area contributed by atoms with E-state index >= 15 is 0 Å². The summed E-state index contributed by atoms with van der Waals surface area (Å²) in [4.78, 5) is 0. The molecule has 0 saturated carbocycles. The van der Waals surface area contributed by atoms with E-state index in [4.69, 9.17) is 0 Å². The summed E-state index contributed by atoms with van der Waals surface area (Å²) in [5.41, 5.74) is 2.83. The minimum Gasteiger partial charge on any atom is -0.0785 e. The molecule has 0 amide bonds. The molecule has 0 nitrogen and oxygen atoms in total. The lowest BCUT2D eigenvalue weighted by Gasteiger charge is -2.13. The molecule has 0 spiro atoms. The van der Waals surface area contributed by atoms with Crippen LogP contribution in [0.1, 0.15) is 18.1 Å². The van der Waals surface area contributed by atoms with Crippen LogP contribution in [0.2, 0.25) is 0 Å². The molecule has 0 unspecified atom stereocenters. The van der Waals surface area contributed by atoms with Crippen LogP contribution < -0.4 is 5.30 Å². The number of hydrogen-bond acceptors (Lipinski definition) is 0. The van der Waals surface area contributed by atoms with Crippen LogP contribution in [-0.4, -0.2) is 12.8 Å². The molecule has 0 aromatic heterocycles. The summed E-state index contributed by atoms with van der Waals surface area (Å²) in [6.07, 6.45) is 1.29. The van der Waals surface area contributed by atoms with E-state index in [1.807, 2.05) is 0 Å². The minimum atomic E-state index is 0.0933. The molecule has 1 aromatic carbocycles. The third-order valence-electron chi connectivity index (χ3n) is 2.24. The summed E-state index contributed by atoms with van der Waals surface area (Å²) < 4.78 is 0.